The van der Waals surface area contributed by atoms with E-state index in [1.807, 2.05) is 67.7 Å². The molecule has 2 aromatic carbocycles. The largest absolute Gasteiger partial charge is 0.493 e. The van der Waals surface area contributed by atoms with E-state index in [1.165, 1.54) is 6.08 Å². The Kier molecular flexibility index (Phi) is 7.73. The zero-order valence-corrected chi connectivity index (χ0v) is 22.1. The SMILES string of the molecule is C=CCN1C(=O)C(C#N)=C(C)/C(=C\c2cn(-c3ccccc3)nc2-c2ccc(OCC(C)C)c(C)c2)C1=O. The van der Waals surface area contributed by atoms with Crippen molar-refractivity contribution in [2.75, 3.05) is 13.2 Å². The number of hydrogen-bond donors (Lipinski definition) is 0. The van der Waals surface area contributed by atoms with E-state index in [1.54, 1.807) is 17.7 Å². The smallest absolute Gasteiger partial charge is 0.271 e. The molecule has 192 valence electrons. The van der Waals surface area contributed by atoms with Crippen LogP contribution in [0.15, 0.2) is 84.1 Å². The lowest BCUT2D eigenvalue weighted by molar-refractivity contribution is -0.139. The number of aryl methyl sites for hydroxylation is 1. The lowest BCUT2D eigenvalue weighted by atomic mass is 9.93. The predicted octanol–water partition coefficient (Wildman–Crippen LogP) is 5.66. The van der Waals surface area contributed by atoms with Gasteiger partial charge in [0.2, 0.25) is 0 Å². The number of hydrogen-bond acceptors (Lipinski definition) is 5. The molecule has 0 spiro atoms. The maximum Gasteiger partial charge on any atom is 0.271 e. The fourth-order valence-corrected chi connectivity index (χ4v) is 4.23. The molecule has 0 saturated heterocycles. The summed E-state index contributed by atoms with van der Waals surface area (Å²) in [5.41, 5.74) is 4.57. The quantitative estimate of drug-likeness (QED) is 0.223. The molecule has 1 aliphatic heterocycles. The highest BCUT2D eigenvalue weighted by Crippen LogP contribution is 2.33. The van der Waals surface area contributed by atoms with Gasteiger partial charge in [-0.05, 0) is 67.3 Å². The maximum atomic E-state index is 13.4. The lowest BCUT2D eigenvalue weighted by Crippen LogP contribution is -2.42. The molecule has 7 nitrogen and oxygen atoms in total. The van der Waals surface area contributed by atoms with E-state index in [4.69, 9.17) is 9.84 Å². The van der Waals surface area contributed by atoms with E-state index in [9.17, 15) is 14.9 Å². The zero-order valence-electron chi connectivity index (χ0n) is 22.1. The summed E-state index contributed by atoms with van der Waals surface area (Å²) in [6.07, 6.45) is 5.02. The number of carbonyl (C=O) groups excluding carboxylic acids is 2. The van der Waals surface area contributed by atoms with Crippen molar-refractivity contribution in [2.24, 2.45) is 5.92 Å². The van der Waals surface area contributed by atoms with Gasteiger partial charge in [0.05, 0.1) is 18.0 Å². The van der Waals surface area contributed by atoms with Gasteiger partial charge in [-0.15, -0.1) is 6.58 Å². The van der Waals surface area contributed by atoms with Crippen molar-refractivity contribution in [1.82, 2.24) is 14.7 Å². The molecule has 0 saturated carbocycles. The number of carbonyl (C=O) groups is 2. The standard InChI is InChI=1S/C31H30N4O3/c1-6-14-34-30(36)26(22(5)27(17-32)31(34)37)16-24-18-35(25-10-8-7-9-11-25)33-29(24)23-12-13-28(21(4)15-23)38-19-20(2)3/h6-13,15-16,18,20H,1,14,19H2,2-5H3/b26-16+. The van der Waals surface area contributed by atoms with Crippen molar-refractivity contribution in [3.63, 3.8) is 0 Å². The summed E-state index contributed by atoms with van der Waals surface area (Å²) in [6, 6.07) is 17.5. The second-order valence-corrected chi connectivity index (χ2v) is 9.58. The first kappa shape index (κ1) is 26.4. The predicted molar refractivity (Wildman–Crippen MR) is 147 cm³/mol. The van der Waals surface area contributed by atoms with Crippen LogP contribution in [0.3, 0.4) is 0 Å². The first-order valence-electron chi connectivity index (χ1n) is 12.4. The van der Waals surface area contributed by atoms with E-state index in [-0.39, 0.29) is 17.7 Å². The van der Waals surface area contributed by atoms with Crippen molar-refractivity contribution in [1.29, 1.82) is 5.26 Å². The third kappa shape index (κ3) is 5.21. The number of para-hydroxylation sites is 1. The Morgan fingerprint density at radius 3 is 2.47 bits per heavy atom. The van der Waals surface area contributed by atoms with E-state index in [2.05, 4.69) is 20.4 Å². The van der Waals surface area contributed by atoms with Gasteiger partial charge in [0, 0.05) is 29.4 Å². The van der Waals surface area contributed by atoms with Crippen molar-refractivity contribution in [3.8, 4) is 28.8 Å². The molecular formula is C31H30N4O3. The van der Waals surface area contributed by atoms with Gasteiger partial charge < -0.3 is 4.74 Å². The molecule has 4 rings (SSSR count). The molecule has 2 heterocycles. The fourth-order valence-electron chi connectivity index (χ4n) is 4.23. The zero-order chi connectivity index (χ0) is 27.4. The van der Waals surface area contributed by atoms with Crippen molar-refractivity contribution in [3.05, 3.63) is 95.2 Å². The summed E-state index contributed by atoms with van der Waals surface area (Å²) < 4.78 is 7.70. The van der Waals surface area contributed by atoms with Crippen LogP contribution in [0.2, 0.25) is 0 Å². The summed E-state index contributed by atoms with van der Waals surface area (Å²) in [5, 5.41) is 14.5. The number of imide groups is 1. The molecule has 1 aromatic heterocycles. The third-order valence-electron chi connectivity index (χ3n) is 6.22. The van der Waals surface area contributed by atoms with Gasteiger partial charge in [-0.1, -0.05) is 38.1 Å². The number of nitriles is 1. The second kappa shape index (κ2) is 11.1. The van der Waals surface area contributed by atoms with Crippen LogP contribution < -0.4 is 4.74 Å². The average molecular weight is 507 g/mol. The molecule has 1 aliphatic rings. The van der Waals surface area contributed by atoms with Gasteiger partial charge in [0.15, 0.2) is 0 Å². The number of aromatic nitrogens is 2. The summed E-state index contributed by atoms with van der Waals surface area (Å²) in [4.78, 5) is 27.1. The van der Waals surface area contributed by atoms with Crippen molar-refractivity contribution in [2.45, 2.75) is 27.7 Å². The average Bonchev–Trinajstić information content (AvgIpc) is 3.33. The molecular weight excluding hydrogens is 476 g/mol. The number of ether oxygens (including phenoxy) is 1. The van der Waals surface area contributed by atoms with Gasteiger partial charge in [0.25, 0.3) is 11.8 Å². The molecule has 0 bridgehead atoms. The van der Waals surface area contributed by atoms with Crippen LogP contribution in [0.1, 0.15) is 31.9 Å². The molecule has 0 radical (unpaired) electrons. The van der Waals surface area contributed by atoms with E-state index in [0.717, 1.165) is 27.5 Å². The van der Waals surface area contributed by atoms with Crippen LogP contribution >= 0.6 is 0 Å². The molecule has 3 aromatic rings. The summed E-state index contributed by atoms with van der Waals surface area (Å²) in [6.45, 7) is 12.1. The minimum atomic E-state index is -0.611. The molecule has 7 heteroatoms. The van der Waals surface area contributed by atoms with Crippen LogP contribution in [0, 0.1) is 24.2 Å². The van der Waals surface area contributed by atoms with Gasteiger partial charge in [0.1, 0.15) is 17.4 Å². The molecule has 0 fully saturated rings. The molecule has 0 N–H and O–H groups in total. The van der Waals surface area contributed by atoms with Crippen LogP contribution in [0.4, 0.5) is 0 Å². The first-order chi connectivity index (χ1) is 18.2. The highest BCUT2D eigenvalue weighted by Gasteiger charge is 2.35. The van der Waals surface area contributed by atoms with Crippen LogP contribution in [0.5, 0.6) is 5.75 Å². The maximum absolute atomic E-state index is 13.4. The third-order valence-corrected chi connectivity index (χ3v) is 6.22. The summed E-state index contributed by atoms with van der Waals surface area (Å²) in [5.74, 6) is 0.130. The Labute approximate surface area is 223 Å². The summed E-state index contributed by atoms with van der Waals surface area (Å²) >= 11 is 0. The number of rotatable bonds is 8. The minimum Gasteiger partial charge on any atom is -0.493 e. The molecule has 0 unspecified atom stereocenters. The fraction of sp³-hybridized carbons (Fsp3) is 0.226. The van der Waals surface area contributed by atoms with Crippen LogP contribution in [-0.4, -0.2) is 39.6 Å². The highest BCUT2D eigenvalue weighted by atomic mass is 16.5. The van der Waals surface area contributed by atoms with Gasteiger partial charge >= 0.3 is 0 Å². The Bertz CT molecular complexity index is 1500. The Hall–Kier alpha value is -4.70. The lowest BCUT2D eigenvalue weighted by Gasteiger charge is -2.26. The van der Waals surface area contributed by atoms with Crippen LogP contribution in [-0.2, 0) is 9.59 Å². The Morgan fingerprint density at radius 2 is 1.84 bits per heavy atom. The topological polar surface area (TPSA) is 88.2 Å². The Balaban J connectivity index is 1.88. The highest BCUT2D eigenvalue weighted by molar-refractivity contribution is 6.19. The van der Waals surface area contributed by atoms with Crippen molar-refractivity contribution < 1.29 is 14.3 Å². The van der Waals surface area contributed by atoms with E-state index < -0.39 is 11.8 Å². The minimum absolute atomic E-state index is 0.0145. The van der Waals surface area contributed by atoms with E-state index in [0.29, 0.717) is 29.4 Å². The summed E-state index contributed by atoms with van der Waals surface area (Å²) in [7, 11) is 0. The molecule has 0 atom stereocenters. The van der Waals surface area contributed by atoms with Gasteiger partial charge in [-0.2, -0.15) is 10.4 Å². The molecule has 0 aliphatic carbocycles. The number of nitrogens with zero attached hydrogens (tertiary/aromatic N) is 4. The van der Waals surface area contributed by atoms with Gasteiger partial charge in [-0.25, -0.2) is 4.68 Å². The van der Waals surface area contributed by atoms with Crippen molar-refractivity contribution >= 4 is 17.9 Å². The van der Waals surface area contributed by atoms with E-state index >= 15 is 0 Å². The second-order valence-electron chi connectivity index (χ2n) is 9.58. The first-order valence-corrected chi connectivity index (χ1v) is 12.4. The number of benzene rings is 2. The molecule has 2 amide bonds. The monoisotopic (exact) mass is 506 g/mol. The Morgan fingerprint density at radius 1 is 1.11 bits per heavy atom. The number of amides is 2. The molecule has 38 heavy (non-hydrogen) atoms. The van der Waals surface area contributed by atoms with Crippen LogP contribution in [0.25, 0.3) is 23.0 Å². The normalized spacial score (nSPS) is 14.8. The van der Waals surface area contributed by atoms with Gasteiger partial charge in [-0.3, -0.25) is 14.5 Å².